The Labute approximate surface area is 58.8 Å². The van der Waals surface area contributed by atoms with Crippen LogP contribution in [0.4, 0.5) is 5.82 Å². The first-order valence-corrected chi connectivity index (χ1v) is 2.85. The van der Waals surface area contributed by atoms with E-state index in [-0.39, 0.29) is 0 Å². The number of nitrogens with zero attached hydrogens (tertiary/aromatic N) is 1. The molecule has 0 fully saturated rings. The number of aromatic nitrogens is 1. The van der Waals surface area contributed by atoms with Gasteiger partial charge in [-0.1, -0.05) is 6.07 Å². The Hall–Kier alpha value is -1.13. The van der Waals surface area contributed by atoms with Gasteiger partial charge in [-0.3, -0.25) is 4.84 Å². The zero-order valence-corrected chi connectivity index (χ0v) is 5.45. The highest BCUT2D eigenvalue weighted by Gasteiger charge is 1.90. The van der Waals surface area contributed by atoms with Gasteiger partial charge in [-0.05, 0) is 11.6 Å². The fraction of sp³-hybridized carbons (Fsp3) is 0.167. The zero-order valence-electron chi connectivity index (χ0n) is 5.45. The summed E-state index contributed by atoms with van der Waals surface area (Å²) in [5.41, 5.74) is 6.25. The van der Waals surface area contributed by atoms with Gasteiger partial charge in [0.2, 0.25) is 0 Å². The Bertz CT molecular complexity index is 197. The highest BCUT2D eigenvalue weighted by atomic mass is 16.6. The molecule has 0 spiro atoms. The molecule has 0 aliphatic carbocycles. The summed E-state index contributed by atoms with van der Waals surface area (Å²) in [7, 11) is 0. The molecule has 0 atom stereocenters. The van der Waals surface area contributed by atoms with Crippen LogP contribution in [-0.2, 0) is 11.4 Å². The van der Waals surface area contributed by atoms with E-state index in [1.165, 1.54) is 0 Å². The summed E-state index contributed by atoms with van der Waals surface area (Å²) < 4.78 is 0. The molecule has 10 heavy (non-hydrogen) atoms. The van der Waals surface area contributed by atoms with Gasteiger partial charge < -0.3 is 5.73 Å². The smallest absolute Gasteiger partial charge is 0.123 e. The summed E-state index contributed by atoms with van der Waals surface area (Å²) in [5.74, 6) is 5.34. The molecule has 4 heteroatoms. The van der Waals surface area contributed by atoms with E-state index in [9.17, 15) is 0 Å². The normalized spacial score (nSPS) is 9.70. The van der Waals surface area contributed by atoms with Gasteiger partial charge in [0.15, 0.2) is 0 Å². The number of pyridine rings is 1. The van der Waals surface area contributed by atoms with E-state index in [1.807, 2.05) is 6.07 Å². The molecule has 4 N–H and O–H groups in total. The molecule has 54 valence electrons. The second-order valence-corrected chi connectivity index (χ2v) is 1.90. The molecule has 0 aromatic carbocycles. The summed E-state index contributed by atoms with van der Waals surface area (Å²) in [4.78, 5) is 8.23. The average molecular weight is 139 g/mol. The lowest BCUT2D eigenvalue weighted by Crippen LogP contribution is -1.99. The van der Waals surface area contributed by atoms with Crippen molar-refractivity contribution in [2.75, 3.05) is 5.73 Å². The third kappa shape index (κ3) is 1.68. The topological polar surface area (TPSA) is 74.2 Å². The Morgan fingerprint density at radius 3 is 2.80 bits per heavy atom. The molecule has 0 amide bonds. The van der Waals surface area contributed by atoms with Crippen LogP contribution in [0.2, 0.25) is 0 Å². The fourth-order valence-electron chi connectivity index (χ4n) is 0.618. The van der Waals surface area contributed by atoms with Crippen molar-refractivity contribution in [1.82, 2.24) is 4.98 Å². The maximum Gasteiger partial charge on any atom is 0.123 e. The molecule has 0 unspecified atom stereocenters. The third-order valence-corrected chi connectivity index (χ3v) is 1.10. The molecule has 0 saturated carbocycles. The first-order chi connectivity index (χ1) is 4.83. The van der Waals surface area contributed by atoms with Crippen LogP contribution in [0.15, 0.2) is 18.3 Å². The van der Waals surface area contributed by atoms with Crippen molar-refractivity contribution in [3.05, 3.63) is 23.9 Å². The Balaban J connectivity index is 2.69. The minimum atomic E-state index is 0.368. The van der Waals surface area contributed by atoms with Gasteiger partial charge in [0.1, 0.15) is 5.82 Å². The third-order valence-electron chi connectivity index (χ3n) is 1.10. The number of hydrogen-bond donors (Lipinski definition) is 2. The van der Waals surface area contributed by atoms with Crippen molar-refractivity contribution < 1.29 is 4.84 Å². The predicted octanol–water partition coefficient (Wildman–Crippen LogP) is 0.0541. The van der Waals surface area contributed by atoms with E-state index in [0.717, 1.165) is 5.56 Å². The summed E-state index contributed by atoms with van der Waals surface area (Å²) in [6, 6.07) is 3.52. The van der Waals surface area contributed by atoms with Crippen molar-refractivity contribution in [3.63, 3.8) is 0 Å². The number of hydrogen-bond acceptors (Lipinski definition) is 4. The van der Waals surface area contributed by atoms with Crippen molar-refractivity contribution in [1.29, 1.82) is 0 Å². The van der Waals surface area contributed by atoms with Crippen LogP contribution < -0.4 is 11.6 Å². The van der Waals surface area contributed by atoms with Gasteiger partial charge in [0.05, 0.1) is 6.61 Å². The molecule has 0 aliphatic rings. The van der Waals surface area contributed by atoms with Gasteiger partial charge in [-0.2, -0.15) is 0 Å². The lowest BCUT2D eigenvalue weighted by Gasteiger charge is -1.96. The number of nitrogens with two attached hydrogens (primary N) is 2. The Morgan fingerprint density at radius 2 is 2.30 bits per heavy atom. The van der Waals surface area contributed by atoms with Crippen LogP contribution in [0.25, 0.3) is 0 Å². The zero-order chi connectivity index (χ0) is 7.40. The predicted molar refractivity (Wildman–Crippen MR) is 37.6 cm³/mol. The van der Waals surface area contributed by atoms with E-state index in [2.05, 4.69) is 9.82 Å². The standard InChI is InChI=1S/C6H9N3O/c7-6-2-1-5(3-9-6)4-10-8/h1-3H,4,8H2,(H2,7,9). The van der Waals surface area contributed by atoms with Crippen molar-refractivity contribution in [2.45, 2.75) is 6.61 Å². The SMILES string of the molecule is NOCc1ccc(N)nc1. The molecule has 1 rings (SSSR count). The van der Waals surface area contributed by atoms with Crippen LogP contribution in [0, 0.1) is 0 Å². The lowest BCUT2D eigenvalue weighted by molar-refractivity contribution is 0.124. The first-order valence-electron chi connectivity index (χ1n) is 2.85. The summed E-state index contributed by atoms with van der Waals surface area (Å²) in [6.45, 7) is 0.368. The van der Waals surface area contributed by atoms with Crippen LogP contribution >= 0.6 is 0 Å². The van der Waals surface area contributed by atoms with Gasteiger partial charge in [-0.25, -0.2) is 10.9 Å². The van der Waals surface area contributed by atoms with Crippen LogP contribution in [0.5, 0.6) is 0 Å². The van der Waals surface area contributed by atoms with Crippen LogP contribution in [0.1, 0.15) is 5.56 Å². The molecular formula is C6H9N3O. The summed E-state index contributed by atoms with van der Waals surface area (Å²) >= 11 is 0. The quantitative estimate of drug-likeness (QED) is 0.568. The number of rotatable bonds is 2. The molecular weight excluding hydrogens is 130 g/mol. The monoisotopic (exact) mass is 139 g/mol. The maximum absolute atomic E-state index is 5.34. The second kappa shape index (κ2) is 3.14. The molecule has 0 saturated heterocycles. The number of anilines is 1. The fourth-order valence-corrected chi connectivity index (χ4v) is 0.618. The Kier molecular flexibility index (Phi) is 2.20. The molecule has 4 nitrogen and oxygen atoms in total. The second-order valence-electron chi connectivity index (χ2n) is 1.90. The van der Waals surface area contributed by atoms with Gasteiger partial charge in [0.25, 0.3) is 0 Å². The minimum absolute atomic E-state index is 0.368. The van der Waals surface area contributed by atoms with Crippen molar-refractivity contribution in [3.8, 4) is 0 Å². The van der Waals surface area contributed by atoms with E-state index in [1.54, 1.807) is 12.3 Å². The summed E-state index contributed by atoms with van der Waals surface area (Å²) in [6.07, 6.45) is 1.63. The molecule has 1 aromatic heterocycles. The highest BCUT2D eigenvalue weighted by molar-refractivity contribution is 5.28. The van der Waals surface area contributed by atoms with E-state index < -0.39 is 0 Å². The van der Waals surface area contributed by atoms with Gasteiger partial charge >= 0.3 is 0 Å². The molecule has 1 aromatic rings. The van der Waals surface area contributed by atoms with E-state index in [4.69, 9.17) is 11.6 Å². The molecule has 1 heterocycles. The lowest BCUT2D eigenvalue weighted by atomic mass is 10.3. The molecule has 0 radical (unpaired) electrons. The minimum Gasteiger partial charge on any atom is -0.384 e. The average Bonchev–Trinajstić information content (AvgIpc) is 1.95. The van der Waals surface area contributed by atoms with Crippen LogP contribution in [0.3, 0.4) is 0 Å². The van der Waals surface area contributed by atoms with Crippen LogP contribution in [-0.4, -0.2) is 4.98 Å². The van der Waals surface area contributed by atoms with Gasteiger partial charge in [-0.15, -0.1) is 0 Å². The summed E-state index contributed by atoms with van der Waals surface area (Å²) in [5, 5.41) is 0. The van der Waals surface area contributed by atoms with Gasteiger partial charge in [0, 0.05) is 6.20 Å². The largest absolute Gasteiger partial charge is 0.384 e. The Morgan fingerprint density at radius 1 is 1.50 bits per heavy atom. The van der Waals surface area contributed by atoms with Crippen molar-refractivity contribution >= 4 is 5.82 Å². The highest BCUT2D eigenvalue weighted by Crippen LogP contribution is 2.00. The van der Waals surface area contributed by atoms with Crippen molar-refractivity contribution in [2.24, 2.45) is 5.90 Å². The molecule has 0 bridgehead atoms. The maximum atomic E-state index is 5.34. The number of nitrogen functional groups attached to an aromatic ring is 1. The first kappa shape index (κ1) is 6.98. The van der Waals surface area contributed by atoms with E-state index >= 15 is 0 Å². The van der Waals surface area contributed by atoms with E-state index in [0.29, 0.717) is 12.4 Å². The molecule has 0 aliphatic heterocycles.